The maximum absolute atomic E-state index is 12.3. The third-order valence-electron chi connectivity index (χ3n) is 4.53. The smallest absolute Gasteiger partial charge is 0.251 e. The van der Waals surface area contributed by atoms with E-state index in [1.807, 2.05) is 23.1 Å². The molecule has 1 fully saturated rings. The van der Waals surface area contributed by atoms with Crippen molar-refractivity contribution in [3.05, 3.63) is 60.2 Å². The van der Waals surface area contributed by atoms with Gasteiger partial charge in [-0.2, -0.15) is 0 Å². The van der Waals surface area contributed by atoms with Gasteiger partial charge >= 0.3 is 0 Å². The maximum Gasteiger partial charge on any atom is 0.251 e. The van der Waals surface area contributed by atoms with Crippen LogP contribution in [0, 0.1) is 0 Å². The zero-order valence-electron chi connectivity index (χ0n) is 15.5. The van der Waals surface area contributed by atoms with Crippen molar-refractivity contribution in [2.45, 2.75) is 6.42 Å². The van der Waals surface area contributed by atoms with Crippen LogP contribution in [-0.2, 0) is 4.79 Å². The molecule has 152 valence electrons. The van der Waals surface area contributed by atoms with Crippen molar-refractivity contribution in [3.8, 4) is 0 Å². The fourth-order valence-electron chi connectivity index (χ4n) is 3.08. The Labute approximate surface area is 177 Å². The van der Waals surface area contributed by atoms with Crippen LogP contribution < -0.4 is 16.0 Å². The summed E-state index contributed by atoms with van der Waals surface area (Å²) in [5.74, 6) is -0.135. The number of hydrogen-bond acceptors (Lipinski definition) is 4. The minimum absolute atomic E-state index is 0. The lowest BCUT2D eigenvalue weighted by molar-refractivity contribution is -0.131. The van der Waals surface area contributed by atoms with E-state index in [-0.39, 0.29) is 36.6 Å². The molecule has 8 heteroatoms. The van der Waals surface area contributed by atoms with E-state index < -0.39 is 0 Å². The topological polar surface area (TPSA) is 78.7 Å². The van der Waals surface area contributed by atoms with Crippen molar-refractivity contribution >= 4 is 48.0 Å². The molecule has 1 aliphatic heterocycles. The van der Waals surface area contributed by atoms with Crippen LogP contribution in [0.5, 0.6) is 0 Å². The van der Waals surface area contributed by atoms with Gasteiger partial charge in [-0.15, -0.1) is 24.8 Å². The van der Waals surface area contributed by atoms with Crippen molar-refractivity contribution in [1.82, 2.24) is 10.2 Å². The van der Waals surface area contributed by atoms with Gasteiger partial charge in [0.05, 0.1) is 0 Å². The molecule has 0 radical (unpaired) electrons. The summed E-state index contributed by atoms with van der Waals surface area (Å²) in [6.07, 6.45) is 0.305. The Kier molecular flexibility index (Phi) is 9.62. The number of piperazine rings is 1. The largest absolute Gasteiger partial charge is 0.399 e. The molecule has 1 heterocycles. The highest BCUT2D eigenvalue weighted by atomic mass is 35.5. The summed E-state index contributed by atoms with van der Waals surface area (Å²) in [4.78, 5) is 28.6. The lowest BCUT2D eigenvalue weighted by Gasteiger charge is -2.36. The second-order valence-electron chi connectivity index (χ2n) is 6.33. The van der Waals surface area contributed by atoms with Gasteiger partial charge in [0.25, 0.3) is 5.91 Å². The second kappa shape index (κ2) is 11.4. The first-order valence-electron chi connectivity index (χ1n) is 8.85. The molecule has 0 atom stereocenters. The van der Waals surface area contributed by atoms with Gasteiger partial charge in [0, 0.05) is 56.1 Å². The zero-order valence-corrected chi connectivity index (χ0v) is 17.2. The molecule has 3 N–H and O–H groups in total. The Morgan fingerprint density at radius 3 is 2.25 bits per heavy atom. The van der Waals surface area contributed by atoms with Crippen molar-refractivity contribution in [2.24, 2.45) is 0 Å². The molecule has 2 aromatic rings. The highest BCUT2D eigenvalue weighted by Crippen LogP contribution is 2.15. The highest BCUT2D eigenvalue weighted by Gasteiger charge is 2.21. The zero-order chi connectivity index (χ0) is 18.4. The third-order valence-corrected chi connectivity index (χ3v) is 4.53. The Bertz CT molecular complexity index is 766. The number of nitrogens with one attached hydrogen (secondary N) is 1. The molecule has 3 rings (SSSR count). The number of anilines is 2. The summed E-state index contributed by atoms with van der Waals surface area (Å²) in [6, 6.07) is 17.0. The number of carbonyl (C=O) groups excluding carboxylic acids is 2. The SMILES string of the molecule is Cl.Cl.Nc1cccc(C(=O)NCCC(=O)N2CCN(c3ccccc3)CC2)c1. The Hall–Kier alpha value is -2.44. The van der Waals surface area contributed by atoms with E-state index >= 15 is 0 Å². The number of nitrogens with zero attached hydrogens (tertiary/aromatic N) is 2. The first-order valence-corrected chi connectivity index (χ1v) is 8.85. The van der Waals surface area contributed by atoms with Crippen LogP contribution in [0.1, 0.15) is 16.8 Å². The number of amides is 2. The number of nitrogen functional groups attached to an aromatic ring is 1. The summed E-state index contributed by atoms with van der Waals surface area (Å²) >= 11 is 0. The van der Waals surface area contributed by atoms with Gasteiger partial charge in [-0.25, -0.2) is 0 Å². The van der Waals surface area contributed by atoms with Gasteiger partial charge in [-0.1, -0.05) is 24.3 Å². The summed E-state index contributed by atoms with van der Waals surface area (Å²) in [6.45, 7) is 3.38. The molecular formula is C20H26Cl2N4O2. The van der Waals surface area contributed by atoms with Crippen LogP contribution in [0.4, 0.5) is 11.4 Å². The summed E-state index contributed by atoms with van der Waals surface area (Å²) in [5.41, 5.74) is 7.92. The van der Waals surface area contributed by atoms with E-state index in [1.165, 1.54) is 5.69 Å². The fourth-order valence-corrected chi connectivity index (χ4v) is 3.08. The van der Waals surface area contributed by atoms with Gasteiger partial charge in [0.15, 0.2) is 0 Å². The molecule has 2 aromatic carbocycles. The summed E-state index contributed by atoms with van der Waals surface area (Å²) in [7, 11) is 0. The quantitative estimate of drug-likeness (QED) is 0.722. The van der Waals surface area contributed by atoms with E-state index in [0.29, 0.717) is 37.3 Å². The van der Waals surface area contributed by atoms with Crippen LogP contribution in [0.2, 0.25) is 0 Å². The maximum atomic E-state index is 12.3. The van der Waals surface area contributed by atoms with Crippen LogP contribution >= 0.6 is 24.8 Å². The number of carbonyl (C=O) groups is 2. The molecule has 1 aliphatic rings. The van der Waals surface area contributed by atoms with Crippen molar-refractivity contribution < 1.29 is 9.59 Å². The minimum atomic E-state index is -0.209. The Morgan fingerprint density at radius 2 is 1.61 bits per heavy atom. The number of benzene rings is 2. The van der Waals surface area contributed by atoms with Crippen molar-refractivity contribution in [2.75, 3.05) is 43.4 Å². The molecule has 1 saturated heterocycles. The molecule has 28 heavy (non-hydrogen) atoms. The number of hydrogen-bond donors (Lipinski definition) is 2. The number of para-hydroxylation sites is 1. The van der Waals surface area contributed by atoms with Crippen molar-refractivity contribution in [1.29, 1.82) is 0 Å². The van der Waals surface area contributed by atoms with Gasteiger partial charge in [-0.05, 0) is 30.3 Å². The average Bonchev–Trinajstić information content (AvgIpc) is 2.68. The first kappa shape index (κ1) is 23.6. The normalized spacial score (nSPS) is 13.1. The Balaban J connectivity index is 0.00000196. The van der Waals surface area contributed by atoms with Gasteiger partial charge in [0.1, 0.15) is 0 Å². The average molecular weight is 425 g/mol. The van der Waals surface area contributed by atoms with Crippen LogP contribution in [0.15, 0.2) is 54.6 Å². The van der Waals surface area contributed by atoms with Crippen LogP contribution in [0.25, 0.3) is 0 Å². The third kappa shape index (κ3) is 6.32. The lowest BCUT2D eigenvalue weighted by atomic mass is 10.2. The monoisotopic (exact) mass is 424 g/mol. The van der Waals surface area contributed by atoms with E-state index in [0.717, 1.165) is 13.1 Å². The molecule has 6 nitrogen and oxygen atoms in total. The van der Waals surface area contributed by atoms with Crippen LogP contribution in [0.3, 0.4) is 0 Å². The first-order chi connectivity index (χ1) is 12.6. The Morgan fingerprint density at radius 1 is 0.929 bits per heavy atom. The predicted octanol–water partition coefficient (Wildman–Crippen LogP) is 2.58. The predicted molar refractivity (Wildman–Crippen MR) is 118 cm³/mol. The standard InChI is InChI=1S/C20H24N4O2.2ClH/c21-17-6-4-5-16(15-17)20(26)22-10-9-19(25)24-13-11-23(12-14-24)18-7-2-1-3-8-18;;/h1-8,15H,9-14,21H2,(H,22,26);2*1H. The van der Waals surface area contributed by atoms with E-state index in [2.05, 4.69) is 22.3 Å². The summed E-state index contributed by atoms with van der Waals surface area (Å²) in [5, 5.41) is 2.78. The molecular weight excluding hydrogens is 399 g/mol. The molecule has 0 aromatic heterocycles. The molecule has 0 saturated carbocycles. The number of nitrogens with two attached hydrogens (primary N) is 1. The number of rotatable bonds is 5. The summed E-state index contributed by atoms with van der Waals surface area (Å²) < 4.78 is 0. The molecule has 0 spiro atoms. The second-order valence-corrected chi connectivity index (χ2v) is 6.33. The van der Waals surface area contributed by atoms with Crippen molar-refractivity contribution in [3.63, 3.8) is 0 Å². The number of halogens is 2. The van der Waals surface area contributed by atoms with E-state index in [1.54, 1.807) is 24.3 Å². The molecule has 0 aliphatic carbocycles. The molecule has 2 amide bonds. The van der Waals surface area contributed by atoms with E-state index in [4.69, 9.17) is 5.73 Å². The van der Waals surface area contributed by atoms with Gasteiger partial charge in [0.2, 0.25) is 5.91 Å². The van der Waals surface area contributed by atoms with E-state index in [9.17, 15) is 9.59 Å². The minimum Gasteiger partial charge on any atom is -0.399 e. The lowest BCUT2D eigenvalue weighted by Crippen LogP contribution is -2.49. The fraction of sp³-hybridized carbons (Fsp3) is 0.300. The molecule has 0 bridgehead atoms. The highest BCUT2D eigenvalue weighted by molar-refractivity contribution is 5.95. The molecule has 0 unspecified atom stereocenters. The van der Waals surface area contributed by atoms with Gasteiger partial charge < -0.3 is 20.9 Å². The van der Waals surface area contributed by atoms with Gasteiger partial charge in [-0.3, -0.25) is 9.59 Å². The van der Waals surface area contributed by atoms with Crippen LogP contribution in [-0.4, -0.2) is 49.4 Å².